The van der Waals surface area contributed by atoms with Crippen LogP contribution in [0.4, 0.5) is 0 Å². The van der Waals surface area contributed by atoms with Crippen molar-refractivity contribution in [1.82, 2.24) is 9.21 Å². The van der Waals surface area contributed by atoms with Crippen molar-refractivity contribution in [1.29, 1.82) is 0 Å². The molecule has 1 fully saturated rings. The van der Waals surface area contributed by atoms with Gasteiger partial charge in [-0.3, -0.25) is 0 Å². The van der Waals surface area contributed by atoms with Crippen molar-refractivity contribution in [3.8, 4) is 0 Å². The second-order valence-electron chi connectivity index (χ2n) is 12.6. The van der Waals surface area contributed by atoms with Crippen LogP contribution in [0.3, 0.4) is 0 Å². The third-order valence-corrected chi connectivity index (χ3v) is 10.5. The molecule has 0 aromatic rings. The number of hydrogen-bond donors (Lipinski definition) is 0. The van der Waals surface area contributed by atoms with Crippen LogP contribution in [0, 0.1) is 5.92 Å². The number of hydrogen-bond acceptors (Lipinski definition) is 4. The maximum absolute atomic E-state index is 13.9. The van der Waals surface area contributed by atoms with Crippen LogP contribution in [0.2, 0.25) is 0 Å². The summed E-state index contributed by atoms with van der Waals surface area (Å²) in [7, 11) is 5.01. The lowest BCUT2D eigenvalue weighted by molar-refractivity contribution is 0.176. The maximum atomic E-state index is 13.9. The molecule has 5 nitrogen and oxygen atoms in total. The highest BCUT2D eigenvalue weighted by molar-refractivity contribution is 7.82. The Labute approximate surface area is 253 Å². The molecular weight excluding hydrogens is 516 g/mol. The molecule has 40 heavy (non-hydrogen) atoms. The van der Waals surface area contributed by atoms with E-state index in [9.17, 15) is 4.21 Å². The molecule has 1 unspecified atom stereocenters. The van der Waals surface area contributed by atoms with Crippen LogP contribution in [-0.4, -0.2) is 79.3 Å². The van der Waals surface area contributed by atoms with Gasteiger partial charge in [0.15, 0.2) is 0 Å². The molecule has 0 aromatic heterocycles. The summed E-state index contributed by atoms with van der Waals surface area (Å²) in [5, 5.41) is 0. The van der Waals surface area contributed by atoms with Crippen LogP contribution < -0.4 is 0 Å². The van der Waals surface area contributed by atoms with Gasteiger partial charge in [-0.15, -0.1) is 0 Å². The fraction of sp³-hybridized carbons (Fsp3) is 1.00. The molecule has 0 aliphatic carbocycles. The number of piperidine rings is 1. The molecular formula is C34H70N2O3S. The van der Waals surface area contributed by atoms with Gasteiger partial charge < -0.3 is 14.4 Å². The normalized spacial score (nSPS) is 15.9. The van der Waals surface area contributed by atoms with Crippen molar-refractivity contribution in [3.05, 3.63) is 0 Å². The summed E-state index contributed by atoms with van der Waals surface area (Å²) in [5.74, 6) is 1.57. The SMILES string of the molecule is CCCCCCCCS(=O)N(CC1CCN(C)CC1)C(CCCCCCCCOC)CCCCCCCCOC. The molecule has 0 amide bonds. The minimum atomic E-state index is -0.839. The summed E-state index contributed by atoms with van der Waals surface area (Å²) in [4.78, 5) is 2.46. The number of methoxy groups -OCH3 is 2. The van der Waals surface area contributed by atoms with Crippen molar-refractivity contribution in [3.63, 3.8) is 0 Å². The molecule has 1 rings (SSSR count). The third-order valence-electron chi connectivity index (χ3n) is 8.89. The Kier molecular flexibility index (Phi) is 26.4. The maximum Gasteiger partial charge on any atom is 0.0945 e. The van der Waals surface area contributed by atoms with Crippen molar-refractivity contribution in [2.24, 2.45) is 5.92 Å². The van der Waals surface area contributed by atoms with Crippen LogP contribution in [0.5, 0.6) is 0 Å². The Morgan fingerprint density at radius 1 is 0.700 bits per heavy atom. The number of nitrogens with zero attached hydrogens (tertiary/aromatic N) is 2. The molecule has 0 spiro atoms. The predicted octanol–water partition coefficient (Wildman–Crippen LogP) is 8.78. The van der Waals surface area contributed by atoms with Gasteiger partial charge >= 0.3 is 0 Å². The van der Waals surface area contributed by atoms with Gasteiger partial charge in [-0.1, -0.05) is 103 Å². The summed E-state index contributed by atoms with van der Waals surface area (Å²) in [6.07, 6.45) is 28.0. The van der Waals surface area contributed by atoms with E-state index in [0.29, 0.717) is 12.0 Å². The van der Waals surface area contributed by atoms with E-state index in [-0.39, 0.29) is 0 Å². The molecule has 1 atom stereocenters. The fourth-order valence-electron chi connectivity index (χ4n) is 6.12. The Morgan fingerprint density at radius 2 is 1.15 bits per heavy atom. The highest BCUT2D eigenvalue weighted by atomic mass is 32.2. The first-order valence-corrected chi connectivity index (χ1v) is 18.7. The second-order valence-corrected chi connectivity index (χ2v) is 14.1. The Balaban J connectivity index is 2.68. The molecule has 0 N–H and O–H groups in total. The summed E-state index contributed by atoms with van der Waals surface area (Å²) < 4.78 is 26.8. The van der Waals surface area contributed by atoms with Crippen molar-refractivity contribution < 1.29 is 13.7 Å². The van der Waals surface area contributed by atoms with Crippen LogP contribution in [0.1, 0.15) is 148 Å². The number of ether oxygens (including phenoxy) is 2. The van der Waals surface area contributed by atoms with Gasteiger partial charge in [0.1, 0.15) is 0 Å². The monoisotopic (exact) mass is 587 g/mol. The molecule has 6 heteroatoms. The molecule has 0 aromatic carbocycles. The van der Waals surface area contributed by atoms with Gasteiger partial charge in [0.25, 0.3) is 0 Å². The van der Waals surface area contributed by atoms with Gasteiger partial charge in [0.2, 0.25) is 0 Å². The molecule has 240 valence electrons. The molecule has 1 heterocycles. The van der Waals surface area contributed by atoms with Gasteiger partial charge in [-0.25, -0.2) is 8.51 Å². The van der Waals surface area contributed by atoms with E-state index >= 15 is 0 Å². The first kappa shape index (κ1) is 38.0. The van der Waals surface area contributed by atoms with E-state index in [0.717, 1.165) is 31.9 Å². The average molecular weight is 587 g/mol. The van der Waals surface area contributed by atoms with Gasteiger partial charge in [0, 0.05) is 45.8 Å². The molecule has 1 saturated heterocycles. The standard InChI is InChI=1S/C34H70N2O3S/c1-5-6-7-8-17-22-31-40(37)36(32-33-25-27-35(2)28-26-33)34(23-18-13-9-11-15-20-29-38-3)24-19-14-10-12-16-21-30-39-4/h33-34H,5-32H2,1-4H3. The number of rotatable bonds is 29. The number of likely N-dealkylation sites (tertiary alicyclic amines) is 1. The Morgan fingerprint density at radius 3 is 1.65 bits per heavy atom. The highest BCUT2D eigenvalue weighted by Crippen LogP contribution is 2.25. The lowest BCUT2D eigenvalue weighted by Crippen LogP contribution is -2.43. The zero-order valence-electron chi connectivity index (χ0n) is 27.5. The average Bonchev–Trinajstić information content (AvgIpc) is 2.96. The topological polar surface area (TPSA) is 42.0 Å². The van der Waals surface area contributed by atoms with Gasteiger partial charge in [-0.05, 0) is 71.0 Å². The minimum Gasteiger partial charge on any atom is -0.385 e. The predicted molar refractivity (Wildman–Crippen MR) is 175 cm³/mol. The van der Waals surface area contributed by atoms with Crippen LogP contribution in [-0.2, 0) is 20.5 Å². The molecule has 0 radical (unpaired) electrons. The van der Waals surface area contributed by atoms with Crippen LogP contribution in [0.25, 0.3) is 0 Å². The van der Waals surface area contributed by atoms with E-state index in [1.54, 1.807) is 14.2 Å². The summed E-state index contributed by atoms with van der Waals surface area (Å²) in [6.45, 7) is 7.50. The zero-order valence-corrected chi connectivity index (χ0v) is 28.3. The molecule has 0 bridgehead atoms. The smallest absolute Gasteiger partial charge is 0.0945 e. The van der Waals surface area contributed by atoms with Crippen molar-refractivity contribution >= 4 is 11.0 Å². The summed E-state index contributed by atoms with van der Waals surface area (Å²) in [5.41, 5.74) is 0. The minimum absolute atomic E-state index is 0.488. The van der Waals surface area contributed by atoms with Gasteiger partial charge in [-0.2, -0.15) is 0 Å². The third kappa shape index (κ3) is 20.8. The van der Waals surface area contributed by atoms with Crippen molar-refractivity contribution in [2.45, 2.75) is 154 Å². The zero-order chi connectivity index (χ0) is 29.1. The Bertz CT molecular complexity index is 537. The van der Waals surface area contributed by atoms with E-state index in [4.69, 9.17) is 9.47 Å². The Hall–Kier alpha value is -0.0100. The van der Waals surface area contributed by atoms with Crippen molar-refractivity contribution in [2.75, 3.05) is 59.9 Å². The quantitative estimate of drug-likeness (QED) is 0.0822. The summed E-state index contributed by atoms with van der Waals surface area (Å²) in [6, 6.07) is 0.488. The lowest BCUT2D eigenvalue weighted by atomic mass is 9.95. The van der Waals surface area contributed by atoms with E-state index in [1.807, 2.05) is 0 Å². The van der Waals surface area contributed by atoms with Crippen LogP contribution >= 0.6 is 0 Å². The lowest BCUT2D eigenvalue weighted by Gasteiger charge is -2.36. The molecule has 1 aliphatic heterocycles. The van der Waals surface area contributed by atoms with Gasteiger partial charge in [0.05, 0.1) is 11.0 Å². The van der Waals surface area contributed by atoms with E-state index in [1.165, 1.54) is 148 Å². The largest absolute Gasteiger partial charge is 0.385 e. The van der Waals surface area contributed by atoms with E-state index < -0.39 is 11.0 Å². The molecule has 1 aliphatic rings. The highest BCUT2D eigenvalue weighted by Gasteiger charge is 2.28. The second kappa shape index (κ2) is 27.8. The van der Waals surface area contributed by atoms with E-state index in [2.05, 4.69) is 23.2 Å². The first-order valence-electron chi connectivity index (χ1n) is 17.4. The number of unbranched alkanes of at least 4 members (excludes halogenated alkanes) is 15. The van der Waals surface area contributed by atoms with Crippen LogP contribution in [0.15, 0.2) is 0 Å². The molecule has 0 saturated carbocycles. The fourth-order valence-corrected chi connectivity index (χ4v) is 7.73. The summed E-state index contributed by atoms with van der Waals surface area (Å²) >= 11 is 0. The first-order chi connectivity index (χ1) is 19.6.